The van der Waals surface area contributed by atoms with Crippen molar-refractivity contribution in [2.45, 2.75) is 0 Å². The van der Waals surface area contributed by atoms with Gasteiger partial charge in [-0.25, -0.2) is 4.98 Å². The SMILES string of the molecule is O=C1C(=O)N(CC=Cc2ccccc2)c2ccc(-c3ccc(F)nc3)cc21. The Hall–Kier alpha value is -3.60. The minimum atomic E-state index is -0.567. The lowest BCUT2D eigenvalue weighted by atomic mass is 10.0. The van der Waals surface area contributed by atoms with Gasteiger partial charge in [0, 0.05) is 18.3 Å². The summed E-state index contributed by atoms with van der Waals surface area (Å²) >= 11 is 0. The Kier molecular flexibility index (Phi) is 4.34. The smallest absolute Gasteiger partial charge is 0.299 e. The second-order valence-corrected chi connectivity index (χ2v) is 6.16. The van der Waals surface area contributed by atoms with Crippen LogP contribution in [0.15, 0.2) is 72.9 Å². The molecule has 27 heavy (non-hydrogen) atoms. The molecular formula is C22H15FN2O2. The number of hydrogen-bond acceptors (Lipinski definition) is 3. The van der Waals surface area contributed by atoms with Crippen molar-refractivity contribution in [2.75, 3.05) is 11.4 Å². The van der Waals surface area contributed by atoms with E-state index >= 15 is 0 Å². The highest BCUT2D eigenvalue weighted by Crippen LogP contribution is 2.32. The van der Waals surface area contributed by atoms with Crippen molar-refractivity contribution < 1.29 is 14.0 Å². The number of pyridine rings is 1. The maximum absolute atomic E-state index is 13.0. The largest absolute Gasteiger partial charge is 0.301 e. The molecule has 0 atom stereocenters. The lowest BCUT2D eigenvalue weighted by Crippen LogP contribution is -2.29. The molecule has 4 rings (SSSR count). The first kappa shape index (κ1) is 16.8. The molecule has 3 aromatic rings. The van der Waals surface area contributed by atoms with Crippen LogP contribution in [-0.2, 0) is 4.79 Å². The highest BCUT2D eigenvalue weighted by Gasteiger charge is 2.35. The van der Waals surface area contributed by atoms with E-state index < -0.39 is 17.6 Å². The summed E-state index contributed by atoms with van der Waals surface area (Å²) in [7, 11) is 0. The van der Waals surface area contributed by atoms with Gasteiger partial charge in [-0.2, -0.15) is 4.39 Å². The fourth-order valence-electron chi connectivity index (χ4n) is 3.07. The Morgan fingerprint density at radius 2 is 1.74 bits per heavy atom. The summed E-state index contributed by atoms with van der Waals surface area (Å²) in [6.07, 6.45) is 5.17. The molecule has 0 N–H and O–H groups in total. The molecule has 0 aliphatic carbocycles. The van der Waals surface area contributed by atoms with E-state index in [9.17, 15) is 14.0 Å². The lowest BCUT2D eigenvalue weighted by molar-refractivity contribution is -0.114. The topological polar surface area (TPSA) is 50.3 Å². The minimum Gasteiger partial charge on any atom is -0.301 e. The molecule has 132 valence electrons. The summed E-state index contributed by atoms with van der Waals surface area (Å²) in [4.78, 5) is 29.9. The Morgan fingerprint density at radius 3 is 2.48 bits per heavy atom. The average Bonchev–Trinajstić information content (AvgIpc) is 2.94. The van der Waals surface area contributed by atoms with Crippen LogP contribution in [0.2, 0.25) is 0 Å². The summed E-state index contributed by atoms with van der Waals surface area (Å²) in [5, 5.41) is 0. The molecule has 1 aliphatic heterocycles. The predicted octanol–water partition coefficient (Wildman–Crippen LogP) is 4.13. The fraction of sp³-hybridized carbons (Fsp3) is 0.0455. The van der Waals surface area contributed by atoms with E-state index in [2.05, 4.69) is 4.98 Å². The van der Waals surface area contributed by atoms with Gasteiger partial charge in [0.25, 0.3) is 11.7 Å². The Morgan fingerprint density at radius 1 is 0.963 bits per heavy atom. The quantitative estimate of drug-likeness (QED) is 0.520. The molecular weight excluding hydrogens is 343 g/mol. The molecule has 0 unspecified atom stereocenters. The normalized spacial score (nSPS) is 13.4. The lowest BCUT2D eigenvalue weighted by Gasteiger charge is -2.14. The number of fused-ring (bicyclic) bond motifs is 1. The van der Waals surface area contributed by atoms with Gasteiger partial charge in [-0.15, -0.1) is 0 Å². The van der Waals surface area contributed by atoms with Gasteiger partial charge in [0.1, 0.15) is 0 Å². The third-order valence-corrected chi connectivity index (χ3v) is 4.43. The number of carbonyl (C=O) groups excluding carboxylic acids is 2. The Labute approximate surface area is 155 Å². The third-order valence-electron chi connectivity index (χ3n) is 4.43. The van der Waals surface area contributed by atoms with Crippen LogP contribution in [0.4, 0.5) is 10.1 Å². The van der Waals surface area contributed by atoms with Gasteiger partial charge in [-0.1, -0.05) is 48.6 Å². The number of hydrogen-bond donors (Lipinski definition) is 0. The molecule has 4 nitrogen and oxygen atoms in total. The van der Waals surface area contributed by atoms with E-state index in [1.807, 2.05) is 42.5 Å². The van der Waals surface area contributed by atoms with Crippen molar-refractivity contribution in [1.82, 2.24) is 4.98 Å². The molecule has 0 saturated heterocycles. The number of halogens is 1. The number of ketones is 1. The van der Waals surface area contributed by atoms with Crippen molar-refractivity contribution in [3.8, 4) is 11.1 Å². The first-order valence-corrected chi connectivity index (χ1v) is 8.47. The summed E-state index contributed by atoms with van der Waals surface area (Å²) in [5.74, 6) is -1.64. The highest BCUT2D eigenvalue weighted by molar-refractivity contribution is 6.52. The minimum absolute atomic E-state index is 0.309. The van der Waals surface area contributed by atoms with E-state index in [1.54, 1.807) is 24.3 Å². The van der Waals surface area contributed by atoms with Crippen LogP contribution in [0, 0.1) is 5.95 Å². The molecule has 0 radical (unpaired) electrons. The second kappa shape index (κ2) is 6.96. The zero-order chi connectivity index (χ0) is 18.8. The van der Waals surface area contributed by atoms with Crippen LogP contribution in [-0.4, -0.2) is 23.2 Å². The highest BCUT2D eigenvalue weighted by atomic mass is 19.1. The Bertz CT molecular complexity index is 1040. The fourth-order valence-corrected chi connectivity index (χ4v) is 3.07. The number of carbonyl (C=O) groups is 2. The summed E-state index contributed by atoms with van der Waals surface area (Å²) in [5.41, 5.74) is 3.36. The average molecular weight is 358 g/mol. The summed E-state index contributed by atoms with van der Waals surface area (Å²) < 4.78 is 13.0. The third kappa shape index (κ3) is 3.27. The zero-order valence-corrected chi connectivity index (χ0v) is 14.3. The van der Waals surface area contributed by atoms with Gasteiger partial charge in [0.15, 0.2) is 0 Å². The van der Waals surface area contributed by atoms with Crippen molar-refractivity contribution in [3.05, 3.63) is 90.0 Å². The van der Waals surface area contributed by atoms with Gasteiger partial charge in [0.05, 0.1) is 11.3 Å². The molecule has 0 fully saturated rings. The van der Waals surface area contributed by atoms with Crippen LogP contribution in [0.5, 0.6) is 0 Å². The monoisotopic (exact) mass is 358 g/mol. The van der Waals surface area contributed by atoms with Crippen LogP contribution in [0.1, 0.15) is 15.9 Å². The van der Waals surface area contributed by atoms with E-state index in [4.69, 9.17) is 0 Å². The number of nitrogens with zero attached hydrogens (tertiary/aromatic N) is 2. The van der Waals surface area contributed by atoms with Gasteiger partial charge in [-0.05, 0) is 35.4 Å². The maximum atomic E-state index is 13.0. The molecule has 2 heterocycles. The van der Waals surface area contributed by atoms with Crippen LogP contribution >= 0.6 is 0 Å². The molecule has 1 aromatic heterocycles. The summed E-state index contributed by atoms with van der Waals surface area (Å²) in [6, 6.07) is 17.8. The molecule has 0 bridgehead atoms. The van der Waals surface area contributed by atoms with E-state index in [-0.39, 0.29) is 0 Å². The van der Waals surface area contributed by atoms with Crippen molar-refractivity contribution in [1.29, 1.82) is 0 Å². The second-order valence-electron chi connectivity index (χ2n) is 6.16. The van der Waals surface area contributed by atoms with Gasteiger partial charge < -0.3 is 4.90 Å². The van der Waals surface area contributed by atoms with Gasteiger partial charge in [-0.3, -0.25) is 9.59 Å². The van der Waals surface area contributed by atoms with Crippen LogP contribution < -0.4 is 4.90 Å². The number of aromatic nitrogens is 1. The molecule has 0 saturated carbocycles. The van der Waals surface area contributed by atoms with E-state index in [0.717, 1.165) is 5.56 Å². The number of Topliss-reactive ketones (excluding diaryl/α,β-unsaturated/α-hetero) is 1. The van der Waals surface area contributed by atoms with E-state index in [1.165, 1.54) is 17.2 Å². The van der Waals surface area contributed by atoms with Gasteiger partial charge >= 0.3 is 0 Å². The molecule has 1 aliphatic rings. The number of amides is 1. The number of rotatable bonds is 4. The molecule has 1 amide bonds. The maximum Gasteiger partial charge on any atom is 0.299 e. The van der Waals surface area contributed by atoms with Gasteiger partial charge in [0.2, 0.25) is 5.95 Å². The van der Waals surface area contributed by atoms with E-state index in [0.29, 0.717) is 28.9 Å². The molecule has 2 aromatic carbocycles. The van der Waals surface area contributed by atoms with Crippen molar-refractivity contribution in [3.63, 3.8) is 0 Å². The van der Waals surface area contributed by atoms with Crippen molar-refractivity contribution >= 4 is 23.5 Å². The van der Waals surface area contributed by atoms with Crippen LogP contribution in [0.3, 0.4) is 0 Å². The molecule has 5 heteroatoms. The molecule has 0 spiro atoms. The zero-order valence-electron chi connectivity index (χ0n) is 14.3. The predicted molar refractivity (Wildman–Crippen MR) is 102 cm³/mol. The number of benzene rings is 2. The first-order valence-electron chi connectivity index (χ1n) is 8.47. The standard InChI is InChI=1S/C22H15FN2O2/c23-20-11-9-17(14-24-20)16-8-10-19-18(13-16)21(26)22(27)25(19)12-4-7-15-5-2-1-3-6-15/h1-11,13-14H,12H2. The Balaban J connectivity index is 1.60. The van der Waals surface area contributed by atoms with Crippen LogP contribution in [0.25, 0.3) is 17.2 Å². The summed E-state index contributed by atoms with van der Waals surface area (Å²) in [6.45, 7) is 0.309. The number of anilines is 1. The first-order chi connectivity index (χ1) is 13.1. The van der Waals surface area contributed by atoms with Crippen molar-refractivity contribution in [2.24, 2.45) is 0 Å².